The zero-order chi connectivity index (χ0) is 7.84. The van der Waals surface area contributed by atoms with Gasteiger partial charge in [-0.05, 0) is 30.2 Å². The molecule has 0 bridgehead atoms. The van der Waals surface area contributed by atoms with Crippen LogP contribution in [-0.4, -0.2) is 10.2 Å². The summed E-state index contributed by atoms with van der Waals surface area (Å²) in [6, 6.07) is 0. The van der Waals surface area contributed by atoms with E-state index in [0.29, 0.717) is 0 Å². The molecule has 2 rings (SSSR count). The quantitative estimate of drug-likeness (QED) is 0.478. The standard InChI is InChI=1S/C10H16Si/c1-7-6-10(11)9-5-3-2-4-8(7)9/h2-3,5,7-8,10H,4,6H2,1,11H3. The first-order valence-corrected chi connectivity index (χ1v) is 5.81. The Morgan fingerprint density at radius 1 is 1.55 bits per heavy atom. The molecule has 0 aromatic rings. The highest BCUT2D eigenvalue weighted by atomic mass is 28.1. The number of fused-ring (bicyclic) bond motifs is 1. The summed E-state index contributed by atoms with van der Waals surface area (Å²) in [4.78, 5) is 0. The lowest BCUT2D eigenvalue weighted by Gasteiger charge is -2.18. The van der Waals surface area contributed by atoms with Crippen molar-refractivity contribution in [1.29, 1.82) is 0 Å². The molecule has 0 aromatic heterocycles. The first-order valence-electron chi connectivity index (χ1n) is 4.65. The first kappa shape index (κ1) is 7.35. The molecule has 0 saturated heterocycles. The van der Waals surface area contributed by atoms with Crippen molar-refractivity contribution in [2.75, 3.05) is 0 Å². The van der Waals surface area contributed by atoms with Crippen LogP contribution in [0.4, 0.5) is 0 Å². The van der Waals surface area contributed by atoms with Gasteiger partial charge in [0.2, 0.25) is 0 Å². The molecule has 0 nitrogen and oxygen atoms in total. The Bertz CT molecular complexity index is 215. The van der Waals surface area contributed by atoms with Gasteiger partial charge in [0, 0.05) is 10.2 Å². The Kier molecular flexibility index (Phi) is 1.76. The third-order valence-corrected chi connectivity index (χ3v) is 4.36. The summed E-state index contributed by atoms with van der Waals surface area (Å²) < 4.78 is 0. The van der Waals surface area contributed by atoms with Crippen LogP contribution in [0.5, 0.6) is 0 Å². The number of allylic oxidation sites excluding steroid dienone is 4. The topological polar surface area (TPSA) is 0 Å². The zero-order valence-electron chi connectivity index (χ0n) is 7.38. The van der Waals surface area contributed by atoms with Gasteiger partial charge >= 0.3 is 0 Å². The molecule has 1 heteroatoms. The number of rotatable bonds is 0. The average molecular weight is 164 g/mol. The van der Waals surface area contributed by atoms with Crippen LogP contribution < -0.4 is 0 Å². The van der Waals surface area contributed by atoms with Gasteiger partial charge in [-0.1, -0.05) is 30.7 Å². The van der Waals surface area contributed by atoms with E-state index in [-0.39, 0.29) is 0 Å². The molecule has 3 unspecified atom stereocenters. The molecular weight excluding hydrogens is 148 g/mol. The maximum Gasteiger partial charge on any atom is 0.0119 e. The second-order valence-electron chi connectivity index (χ2n) is 4.05. The van der Waals surface area contributed by atoms with E-state index >= 15 is 0 Å². The lowest BCUT2D eigenvalue weighted by molar-refractivity contribution is 0.461. The smallest absolute Gasteiger partial charge is 0.0119 e. The highest BCUT2D eigenvalue weighted by molar-refractivity contribution is 6.14. The number of hydrogen-bond acceptors (Lipinski definition) is 0. The van der Waals surface area contributed by atoms with E-state index in [4.69, 9.17) is 0 Å². The van der Waals surface area contributed by atoms with Crippen LogP contribution in [0.2, 0.25) is 5.54 Å². The van der Waals surface area contributed by atoms with Crippen LogP contribution in [0.1, 0.15) is 19.8 Å². The SMILES string of the molecule is CC1CC([SiH3])C2=CC=CCC21. The third-order valence-electron chi connectivity index (χ3n) is 3.22. The van der Waals surface area contributed by atoms with Crippen LogP contribution in [0.15, 0.2) is 23.8 Å². The predicted molar refractivity (Wildman–Crippen MR) is 52.8 cm³/mol. The maximum atomic E-state index is 2.41. The van der Waals surface area contributed by atoms with E-state index in [1.165, 1.54) is 23.1 Å². The van der Waals surface area contributed by atoms with Gasteiger partial charge in [-0.3, -0.25) is 0 Å². The van der Waals surface area contributed by atoms with Crippen molar-refractivity contribution >= 4 is 10.2 Å². The Balaban J connectivity index is 2.27. The van der Waals surface area contributed by atoms with Crippen LogP contribution in [0.25, 0.3) is 0 Å². The minimum absolute atomic E-state index is 0.919. The summed E-state index contributed by atoms with van der Waals surface area (Å²) in [6.45, 7) is 2.41. The second kappa shape index (κ2) is 2.63. The third kappa shape index (κ3) is 1.12. The Hall–Kier alpha value is -0.303. The Labute approximate surface area is 71.8 Å². The van der Waals surface area contributed by atoms with E-state index in [1.54, 1.807) is 5.57 Å². The van der Waals surface area contributed by atoms with Gasteiger partial charge in [-0.2, -0.15) is 0 Å². The molecule has 1 fully saturated rings. The average Bonchev–Trinajstić information content (AvgIpc) is 2.30. The molecule has 0 N–H and O–H groups in total. The normalized spacial score (nSPS) is 42.3. The highest BCUT2D eigenvalue weighted by Gasteiger charge is 2.32. The summed E-state index contributed by atoms with van der Waals surface area (Å²) in [5, 5.41) is 0. The Morgan fingerprint density at radius 3 is 3.09 bits per heavy atom. The van der Waals surface area contributed by atoms with Crippen LogP contribution >= 0.6 is 0 Å². The van der Waals surface area contributed by atoms with Crippen LogP contribution in [0.3, 0.4) is 0 Å². The Morgan fingerprint density at radius 2 is 2.36 bits per heavy atom. The van der Waals surface area contributed by atoms with Crippen molar-refractivity contribution in [3.8, 4) is 0 Å². The van der Waals surface area contributed by atoms with Gasteiger partial charge in [-0.15, -0.1) is 0 Å². The monoisotopic (exact) mass is 164 g/mol. The fraction of sp³-hybridized carbons (Fsp3) is 0.600. The molecule has 0 aromatic carbocycles. The minimum atomic E-state index is 0.919. The maximum absolute atomic E-state index is 2.41. The van der Waals surface area contributed by atoms with Crippen molar-refractivity contribution in [2.45, 2.75) is 25.3 Å². The summed E-state index contributed by atoms with van der Waals surface area (Å²) >= 11 is 0. The van der Waals surface area contributed by atoms with E-state index in [2.05, 4.69) is 25.2 Å². The minimum Gasteiger partial charge on any atom is -0.0839 e. The van der Waals surface area contributed by atoms with E-state index in [0.717, 1.165) is 17.4 Å². The molecule has 2 aliphatic rings. The largest absolute Gasteiger partial charge is 0.0839 e. The van der Waals surface area contributed by atoms with E-state index in [9.17, 15) is 0 Å². The molecule has 60 valence electrons. The molecule has 0 spiro atoms. The lowest BCUT2D eigenvalue weighted by atomic mass is 9.89. The fourth-order valence-electron chi connectivity index (χ4n) is 2.61. The summed E-state index contributed by atoms with van der Waals surface area (Å²) in [5.41, 5.74) is 2.76. The molecule has 0 aliphatic heterocycles. The van der Waals surface area contributed by atoms with Gasteiger partial charge in [-0.25, -0.2) is 0 Å². The molecule has 3 atom stereocenters. The predicted octanol–water partition coefficient (Wildman–Crippen LogP) is 1.68. The molecule has 1 saturated carbocycles. The molecule has 0 heterocycles. The summed E-state index contributed by atoms with van der Waals surface area (Å²) in [6.07, 6.45) is 9.71. The molecular formula is C10H16Si. The second-order valence-corrected chi connectivity index (χ2v) is 5.44. The van der Waals surface area contributed by atoms with Gasteiger partial charge in [0.15, 0.2) is 0 Å². The molecule has 2 aliphatic carbocycles. The van der Waals surface area contributed by atoms with Crippen LogP contribution in [0, 0.1) is 11.8 Å². The molecule has 0 radical (unpaired) electrons. The lowest BCUT2D eigenvalue weighted by Crippen LogP contribution is -2.06. The van der Waals surface area contributed by atoms with Gasteiger partial charge in [0.1, 0.15) is 0 Å². The zero-order valence-corrected chi connectivity index (χ0v) is 9.38. The summed E-state index contributed by atoms with van der Waals surface area (Å²) in [7, 11) is 1.36. The van der Waals surface area contributed by atoms with Gasteiger partial charge < -0.3 is 0 Å². The van der Waals surface area contributed by atoms with Crippen molar-refractivity contribution in [3.63, 3.8) is 0 Å². The highest BCUT2D eigenvalue weighted by Crippen LogP contribution is 2.46. The van der Waals surface area contributed by atoms with Gasteiger partial charge in [0.05, 0.1) is 0 Å². The van der Waals surface area contributed by atoms with Crippen molar-refractivity contribution < 1.29 is 0 Å². The van der Waals surface area contributed by atoms with Crippen molar-refractivity contribution in [1.82, 2.24) is 0 Å². The van der Waals surface area contributed by atoms with Crippen molar-refractivity contribution in [2.24, 2.45) is 11.8 Å². The fourth-order valence-corrected chi connectivity index (χ4v) is 3.98. The van der Waals surface area contributed by atoms with E-state index in [1.807, 2.05) is 0 Å². The first-order chi connectivity index (χ1) is 5.29. The van der Waals surface area contributed by atoms with Crippen molar-refractivity contribution in [3.05, 3.63) is 23.8 Å². The van der Waals surface area contributed by atoms with Crippen LogP contribution in [-0.2, 0) is 0 Å². The summed E-state index contributed by atoms with van der Waals surface area (Å²) in [5.74, 6) is 1.87. The van der Waals surface area contributed by atoms with E-state index < -0.39 is 0 Å². The molecule has 11 heavy (non-hydrogen) atoms. The molecule has 0 amide bonds. The number of hydrogen-bond donors (Lipinski definition) is 0. The van der Waals surface area contributed by atoms with Gasteiger partial charge in [0.25, 0.3) is 0 Å².